The third-order valence-corrected chi connectivity index (χ3v) is 1.53. The minimum absolute atomic E-state index is 0.0916. The van der Waals surface area contributed by atoms with Crippen molar-refractivity contribution in [1.29, 1.82) is 0 Å². The van der Waals surface area contributed by atoms with Crippen LogP contribution in [-0.2, 0) is 4.79 Å². The molecule has 15 heavy (non-hydrogen) atoms. The minimum atomic E-state index is -0.0916. The van der Waals surface area contributed by atoms with Crippen LogP contribution in [-0.4, -0.2) is 29.5 Å². The number of nitrogens with zero attached hydrogens (tertiary/aromatic N) is 2. The van der Waals surface area contributed by atoms with Gasteiger partial charge in [-0.25, -0.2) is 9.97 Å². The maximum absolute atomic E-state index is 10.5. The molecule has 2 N–H and O–H groups in total. The third-order valence-electron chi connectivity index (χ3n) is 1.53. The zero-order valence-electron chi connectivity index (χ0n) is 8.66. The average Bonchev–Trinajstić information content (AvgIpc) is 2.25. The molecule has 0 bridgehead atoms. The first-order valence-corrected chi connectivity index (χ1v) is 4.45. The summed E-state index contributed by atoms with van der Waals surface area (Å²) in [5.41, 5.74) is 0.722. The van der Waals surface area contributed by atoms with Gasteiger partial charge in [0.1, 0.15) is 0 Å². The van der Waals surface area contributed by atoms with E-state index in [2.05, 4.69) is 32.4 Å². The van der Waals surface area contributed by atoms with E-state index in [0.717, 1.165) is 5.56 Å². The summed E-state index contributed by atoms with van der Waals surface area (Å²) in [5, 5.41) is 5.38. The summed E-state index contributed by atoms with van der Waals surface area (Å²) in [6, 6.07) is 0. The van der Waals surface area contributed by atoms with Crippen molar-refractivity contribution in [2.45, 2.75) is 6.92 Å². The molecule has 0 radical (unpaired) electrons. The fourth-order valence-electron chi connectivity index (χ4n) is 0.837. The Hall–Kier alpha value is -2.09. The molecular formula is C10H12N4O. The predicted molar refractivity (Wildman–Crippen MR) is 57.1 cm³/mol. The molecule has 0 spiro atoms. The molecule has 0 atom stereocenters. The van der Waals surface area contributed by atoms with E-state index in [9.17, 15) is 4.79 Å². The Morgan fingerprint density at radius 2 is 2.13 bits per heavy atom. The van der Waals surface area contributed by atoms with Gasteiger partial charge in [0, 0.05) is 26.4 Å². The van der Waals surface area contributed by atoms with E-state index < -0.39 is 0 Å². The first kappa shape index (κ1) is 11.0. The first-order valence-electron chi connectivity index (χ1n) is 4.45. The second kappa shape index (κ2) is 5.60. The van der Waals surface area contributed by atoms with Crippen molar-refractivity contribution in [2.75, 3.05) is 18.9 Å². The lowest BCUT2D eigenvalue weighted by Gasteiger charge is -1.95. The van der Waals surface area contributed by atoms with Gasteiger partial charge in [-0.2, -0.15) is 0 Å². The second-order valence-electron chi connectivity index (χ2n) is 2.76. The second-order valence-corrected chi connectivity index (χ2v) is 2.76. The number of rotatable bonds is 2. The van der Waals surface area contributed by atoms with Gasteiger partial charge in [0.15, 0.2) is 0 Å². The van der Waals surface area contributed by atoms with Crippen molar-refractivity contribution in [2.24, 2.45) is 0 Å². The lowest BCUT2D eigenvalue weighted by Crippen LogP contribution is -2.19. The number of nitrogens with one attached hydrogen (secondary N) is 2. The number of carbonyl (C=O) groups is 1. The van der Waals surface area contributed by atoms with Gasteiger partial charge in [0.2, 0.25) is 11.9 Å². The topological polar surface area (TPSA) is 66.9 Å². The summed E-state index contributed by atoms with van der Waals surface area (Å²) >= 11 is 0. The van der Waals surface area contributed by atoms with Crippen LogP contribution in [0.3, 0.4) is 0 Å². The van der Waals surface area contributed by atoms with Crippen LogP contribution in [0.1, 0.15) is 12.5 Å². The molecule has 0 saturated carbocycles. The van der Waals surface area contributed by atoms with Crippen LogP contribution in [0.2, 0.25) is 0 Å². The predicted octanol–water partition coefficient (Wildman–Crippen LogP) is 0.00590. The highest BCUT2D eigenvalue weighted by atomic mass is 16.1. The zero-order chi connectivity index (χ0) is 11.1. The number of hydrogen-bond donors (Lipinski definition) is 2. The van der Waals surface area contributed by atoms with Crippen molar-refractivity contribution < 1.29 is 4.79 Å². The van der Waals surface area contributed by atoms with Crippen LogP contribution < -0.4 is 10.6 Å². The number of hydrogen-bond acceptors (Lipinski definition) is 4. The molecule has 1 aromatic rings. The summed E-state index contributed by atoms with van der Waals surface area (Å²) in [5.74, 6) is 6.09. The summed E-state index contributed by atoms with van der Waals surface area (Å²) < 4.78 is 0. The fourth-order valence-corrected chi connectivity index (χ4v) is 0.837. The van der Waals surface area contributed by atoms with Crippen LogP contribution in [0.15, 0.2) is 12.4 Å². The highest BCUT2D eigenvalue weighted by Gasteiger charge is 1.91. The van der Waals surface area contributed by atoms with E-state index >= 15 is 0 Å². The first-order chi connectivity index (χ1) is 7.22. The zero-order valence-corrected chi connectivity index (χ0v) is 8.66. The molecule has 0 aromatic carbocycles. The van der Waals surface area contributed by atoms with E-state index in [4.69, 9.17) is 0 Å². The Balaban J connectivity index is 2.52. The summed E-state index contributed by atoms with van der Waals surface area (Å²) in [7, 11) is 1.75. The van der Waals surface area contributed by atoms with Gasteiger partial charge in [-0.15, -0.1) is 0 Å². The lowest BCUT2D eigenvalue weighted by molar-refractivity contribution is -0.118. The molecule has 0 saturated heterocycles. The number of amides is 1. The van der Waals surface area contributed by atoms with E-state index in [0.29, 0.717) is 12.5 Å². The summed E-state index contributed by atoms with van der Waals surface area (Å²) in [4.78, 5) is 18.5. The van der Waals surface area contributed by atoms with Crippen LogP contribution >= 0.6 is 0 Å². The standard InChI is InChI=1S/C10H12N4O/c1-8(15)12-5-3-4-9-6-13-10(11-2)14-7-9/h6-7H,5H2,1-2H3,(H,12,15)(H,11,13,14). The summed E-state index contributed by atoms with van der Waals surface area (Å²) in [6.07, 6.45) is 3.25. The van der Waals surface area contributed by atoms with Gasteiger partial charge in [0.25, 0.3) is 0 Å². The Kier molecular flexibility index (Phi) is 4.10. The van der Waals surface area contributed by atoms with Gasteiger partial charge in [-0.3, -0.25) is 4.79 Å². The third kappa shape index (κ3) is 4.09. The minimum Gasteiger partial charge on any atom is -0.357 e. The normalized spacial score (nSPS) is 8.67. The Bertz CT molecular complexity index is 388. The highest BCUT2D eigenvalue weighted by Crippen LogP contribution is 1.96. The van der Waals surface area contributed by atoms with E-state index in [-0.39, 0.29) is 5.91 Å². The smallest absolute Gasteiger partial charge is 0.222 e. The van der Waals surface area contributed by atoms with Crippen molar-refractivity contribution in [3.05, 3.63) is 18.0 Å². The summed E-state index contributed by atoms with van der Waals surface area (Å²) in [6.45, 7) is 1.79. The molecule has 0 unspecified atom stereocenters. The molecular weight excluding hydrogens is 192 g/mol. The molecule has 1 amide bonds. The van der Waals surface area contributed by atoms with Crippen molar-refractivity contribution in [1.82, 2.24) is 15.3 Å². The van der Waals surface area contributed by atoms with Gasteiger partial charge in [-0.1, -0.05) is 11.8 Å². The Labute approximate surface area is 88.3 Å². The lowest BCUT2D eigenvalue weighted by atomic mass is 10.3. The molecule has 0 fully saturated rings. The van der Waals surface area contributed by atoms with Gasteiger partial charge < -0.3 is 10.6 Å². The van der Waals surface area contributed by atoms with Crippen LogP contribution in [0.4, 0.5) is 5.95 Å². The quantitative estimate of drug-likeness (QED) is 0.666. The van der Waals surface area contributed by atoms with Gasteiger partial charge in [-0.05, 0) is 0 Å². The van der Waals surface area contributed by atoms with E-state index in [1.54, 1.807) is 19.4 Å². The molecule has 78 valence electrons. The van der Waals surface area contributed by atoms with E-state index in [1.807, 2.05) is 0 Å². The van der Waals surface area contributed by atoms with E-state index in [1.165, 1.54) is 6.92 Å². The Morgan fingerprint density at radius 3 is 2.67 bits per heavy atom. The van der Waals surface area contributed by atoms with Crippen LogP contribution in [0.25, 0.3) is 0 Å². The SMILES string of the molecule is CNc1ncc(C#CCNC(C)=O)cn1. The molecule has 0 aliphatic carbocycles. The fraction of sp³-hybridized carbons (Fsp3) is 0.300. The molecule has 1 rings (SSSR count). The molecule has 0 aliphatic heterocycles. The maximum Gasteiger partial charge on any atom is 0.222 e. The average molecular weight is 204 g/mol. The molecule has 1 heterocycles. The molecule has 1 aromatic heterocycles. The van der Waals surface area contributed by atoms with Crippen LogP contribution in [0.5, 0.6) is 0 Å². The Morgan fingerprint density at radius 1 is 1.47 bits per heavy atom. The molecule has 5 nitrogen and oxygen atoms in total. The van der Waals surface area contributed by atoms with Crippen molar-refractivity contribution >= 4 is 11.9 Å². The van der Waals surface area contributed by atoms with Crippen LogP contribution in [0, 0.1) is 11.8 Å². The molecule has 5 heteroatoms. The number of anilines is 1. The van der Waals surface area contributed by atoms with Crippen molar-refractivity contribution in [3.63, 3.8) is 0 Å². The number of carbonyl (C=O) groups excluding carboxylic acids is 1. The van der Waals surface area contributed by atoms with Crippen molar-refractivity contribution in [3.8, 4) is 11.8 Å². The van der Waals surface area contributed by atoms with Gasteiger partial charge >= 0.3 is 0 Å². The largest absolute Gasteiger partial charge is 0.357 e. The number of aromatic nitrogens is 2. The highest BCUT2D eigenvalue weighted by molar-refractivity contribution is 5.73. The molecule has 0 aliphatic rings. The monoisotopic (exact) mass is 204 g/mol. The maximum atomic E-state index is 10.5. The van der Waals surface area contributed by atoms with Gasteiger partial charge in [0.05, 0.1) is 12.1 Å².